The van der Waals surface area contributed by atoms with Gasteiger partial charge >= 0.3 is 0 Å². The molecule has 0 atom stereocenters. The van der Waals surface area contributed by atoms with Gasteiger partial charge in [0.25, 0.3) is 0 Å². The van der Waals surface area contributed by atoms with Crippen molar-refractivity contribution in [2.75, 3.05) is 5.32 Å². The van der Waals surface area contributed by atoms with Crippen LogP contribution < -0.4 is 11.1 Å². The minimum atomic E-state index is 0.383. The molecule has 94 valence electrons. The molecule has 5 heteroatoms. The molecule has 0 amide bonds. The zero-order valence-electron chi connectivity index (χ0n) is 10.2. The number of aromatic nitrogens is 3. The second kappa shape index (κ2) is 4.78. The number of rotatable bonds is 4. The van der Waals surface area contributed by atoms with Crippen LogP contribution in [0.5, 0.6) is 0 Å². The summed E-state index contributed by atoms with van der Waals surface area (Å²) in [6, 6.07) is 9.37. The van der Waals surface area contributed by atoms with Crippen LogP contribution in [-0.2, 0) is 6.54 Å². The Balaban J connectivity index is 1.59. The van der Waals surface area contributed by atoms with Gasteiger partial charge in [-0.05, 0) is 30.5 Å². The third-order valence-electron chi connectivity index (χ3n) is 3.31. The summed E-state index contributed by atoms with van der Waals surface area (Å²) in [6.45, 7) is 0.759. The van der Waals surface area contributed by atoms with Gasteiger partial charge in [-0.25, -0.2) is 9.67 Å². The summed E-state index contributed by atoms with van der Waals surface area (Å²) >= 11 is 0. The molecule has 0 radical (unpaired) electrons. The second-order valence-electron chi connectivity index (χ2n) is 4.86. The van der Waals surface area contributed by atoms with Crippen LogP contribution in [0.2, 0.25) is 0 Å². The van der Waals surface area contributed by atoms with E-state index >= 15 is 0 Å². The number of benzene rings is 1. The van der Waals surface area contributed by atoms with Crippen LogP contribution in [0.15, 0.2) is 36.9 Å². The standard InChI is InChI=1S/C13H17N5/c14-11-5-13(6-11)17-12-3-1-10(2-4-12)7-18-9-15-8-16-18/h1-4,8-9,11,13,17H,5-7,14H2. The predicted octanol–water partition coefficient (Wildman–Crippen LogP) is 1.23. The molecule has 1 aliphatic rings. The highest BCUT2D eigenvalue weighted by molar-refractivity contribution is 5.46. The maximum absolute atomic E-state index is 5.77. The fourth-order valence-corrected chi connectivity index (χ4v) is 2.22. The van der Waals surface area contributed by atoms with E-state index in [2.05, 4.69) is 39.7 Å². The maximum Gasteiger partial charge on any atom is 0.137 e. The quantitative estimate of drug-likeness (QED) is 0.847. The third-order valence-corrected chi connectivity index (χ3v) is 3.31. The minimum absolute atomic E-state index is 0.383. The second-order valence-corrected chi connectivity index (χ2v) is 4.86. The van der Waals surface area contributed by atoms with E-state index in [0.29, 0.717) is 12.1 Å². The molecular formula is C13H17N5. The van der Waals surface area contributed by atoms with E-state index in [9.17, 15) is 0 Å². The largest absolute Gasteiger partial charge is 0.382 e. The van der Waals surface area contributed by atoms with Crippen molar-refractivity contribution < 1.29 is 0 Å². The lowest BCUT2D eigenvalue weighted by atomic mass is 9.87. The molecule has 0 saturated heterocycles. The smallest absolute Gasteiger partial charge is 0.137 e. The van der Waals surface area contributed by atoms with Gasteiger partial charge in [-0.2, -0.15) is 5.10 Å². The van der Waals surface area contributed by atoms with Gasteiger partial charge in [0, 0.05) is 17.8 Å². The lowest BCUT2D eigenvalue weighted by molar-refractivity contribution is 0.373. The number of nitrogens with zero attached hydrogens (tertiary/aromatic N) is 3. The molecule has 5 nitrogen and oxygen atoms in total. The molecule has 18 heavy (non-hydrogen) atoms. The highest BCUT2D eigenvalue weighted by atomic mass is 15.3. The van der Waals surface area contributed by atoms with Crippen LogP contribution in [0.3, 0.4) is 0 Å². The number of nitrogens with one attached hydrogen (secondary N) is 1. The van der Waals surface area contributed by atoms with E-state index in [1.807, 2.05) is 4.68 Å². The van der Waals surface area contributed by atoms with Crippen molar-refractivity contribution in [2.24, 2.45) is 5.73 Å². The topological polar surface area (TPSA) is 68.8 Å². The number of hydrogen-bond acceptors (Lipinski definition) is 4. The molecule has 3 rings (SSSR count). The fourth-order valence-electron chi connectivity index (χ4n) is 2.22. The van der Waals surface area contributed by atoms with Gasteiger partial charge in [0.2, 0.25) is 0 Å². The molecule has 1 heterocycles. The zero-order valence-corrected chi connectivity index (χ0v) is 10.2. The molecule has 0 bridgehead atoms. The molecule has 1 aromatic heterocycles. The van der Waals surface area contributed by atoms with Gasteiger partial charge in [-0.1, -0.05) is 12.1 Å². The van der Waals surface area contributed by atoms with Gasteiger partial charge in [0.1, 0.15) is 12.7 Å². The van der Waals surface area contributed by atoms with Gasteiger partial charge in [0.15, 0.2) is 0 Å². The Morgan fingerprint density at radius 3 is 2.67 bits per heavy atom. The first-order valence-corrected chi connectivity index (χ1v) is 6.23. The molecule has 3 N–H and O–H groups in total. The minimum Gasteiger partial charge on any atom is -0.382 e. The van der Waals surface area contributed by atoms with Gasteiger partial charge in [-0.15, -0.1) is 0 Å². The zero-order chi connectivity index (χ0) is 12.4. The molecule has 2 aromatic rings. The van der Waals surface area contributed by atoms with Crippen molar-refractivity contribution in [1.29, 1.82) is 0 Å². The monoisotopic (exact) mass is 243 g/mol. The van der Waals surface area contributed by atoms with Gasteiger partial charge in [-0.3, -0.25) is 0 Å². The summed E-state index contributed by atoms with van der Waals surface area (Å²) in [5, 5.41) is 7.57. The summed E-state index contributed by atoms with van der Waals surface area (Å²) < 4.78 is 1.81. The fraction of sp³-hybridized carbons (Fsp3) is 0.385. The first kappa shape index (κ1) is 11.2. The first-order chi connectivity index (χ1) is 8.79. The average molecular weight is 243 g/mol. The van der Waals surface area contributed by atoms with Crippen LogP contribution in [0.25, 0.3) is 0 Å². The molecule has 0 spiro atoms. The Bertz CT molecular complexity index is 485. The van der Waals surface area contributed by atoms with Crippen molar-refractivity contribution in [3.05, 3.63) is 42.5 Å². The number of nitrogens with two attached hydrogens (primary N) is 1. The number of anilines is 1. The highest BCUT2D eigenvalue weighted by Gasteiger charge is 2.25. The third kappa shape index (κ3) is 2.51. The van der Waals surface area contributed by atoms with Crippen molar-refractivity contribution in [3.8, 4) is 0 Å². The maximum atomic E-state index is 5.77. The Labute approximate surface area is 106 Å². The molecule has 1 fully saturated rings. The summed E-state index contributed by atoms with van der Waals surface area (Å²) in [5.41, 5.74) is 8.15. The van der Waals surface area contributed by atoms with Crippen LogP contribution in [0.1, 0.15) is 18.4 Å². The van der Waals surface area contributed by atoms with E-state index in [-0.39, 0.29) is 0 Å². The average Bonchev–Trinajstić information content (AvgIpc) is 2.82. The first-order valence-electron chi connectivity index (χ1n) is 6.23. The predicted molar refractivity (Wildman–Crippen MR) is 70.2 cm³/mol. The van der Waals surface area contributed by atoms with E-state index in [1.165, 1.54) is 5.56 Å². The van der Waals surface area contributed by atoms with Crippen LogP contribution in [0.4, 0.5) is 5.69 Å². The molecule has 1 aliphatic carbocycles. The normalized spacial score (nSPS) is 22.5. The Morgan fingerprint density at radius 1 is 1.28 bits per heavy atom. The Kier molecular flexibility index (Phi) is 2.98. The van der Waals surface area contributed by atoms with Crippen molar-refractivity contribution in [3.63, 3.8) is 0 Å². The van der Waals surface area contributed by atoms with Crippen LogP contribution in [0, 0.1) is 0 Å². The molecule has 1 saturated carbocycles. The lowest BCUT2D eigenvalue weighted by Crippen LogP contribution is -2.44. The summed E-state index contributed by atoms with van der Waals surface area (Å²) in [4.78, 5) is 3.93. The molecule has 0 aliphatic heterocycles. The van der Waals surface area contributed by atoms with E-state index < -0.39 is 0 Å². The highest BCUT2D eigenvalue weighted by Crippen LogP contribution is 2.22. The molecule has 1 aromatic carbocycles. The van der Waals surface area contributed by atoms with Crippen LogP contribution in [-0.4, -0.2) is 26.8 Å². The van der Waals surface area contributed by atoms with E-state index in [0.717, 1.165) is 25.1 Å². The van der Waals surface area contributed by atoms with Crippen molar-refractivity contribution in [2.45, 2.75) is 31.5 Å². The summed E-state index contributed by atoms with van der Waals surface area (Å²) in [6.07, 6.45) is 5.42. The summed E-state index contributed by atoms with van der Waals surface area (Å²) in [5.74, 6) is 0. The van der Waals surface area contributed by atoms with Crippen molar-refractivity contribution >= 4 is 5.69 Å². The van der Waals surface area contributed by atoms with Crippen molar-refractivity contribution in [1.82, 2.24) is 14.8 Å². The van der Waals surface area contributed by atoms with E-state index in [1.54, 1.807) is 12.7 Å². The van der Waals surface area contributed by atoms with Gasteiger partial charge in [0.05, 0.1) is 6.54 Å². The molecular weight excluding hydrogens is 226 g/mol. The SMILES string of the molecule is NC1CC(Nc2ccc(Cn3cncn3)cc2)C1. The summed E-state index contributed by atoms with van der Waals surface area (Å²) in [7, 11) is 0. The lowest BCUT2D eigenvalue weighted by Gasteiger charge is -2.33. The van der Waals surface area contributed by atoms with E-state index in [4.69, 9.17) is 5.73 Å². The number of hydrogen-bond donors (Lipinski definition) is 2. The Morgan fingerprint density at radius 2 is 2.06 bits per heavy atom. The Hall–Kier alpha value is -1.88. The van der Waals surface area contributed by atoms with Crippen LogP contribution >= 0.6 is 0 Å². The van der Waals surface area contributed by atoms with Gasteiger partial charge < -0.3 is 11.1 Å². The molecule has 0 unspecified atom stereocenters.